The summed E-state index contributed by atoms with van der Waals surface area (Å²) in [5, 5.41) is 19.8. The van der Waals surface area contributed by atoms with E-state index in [0.29, 0.717) is 17.1 Å². The van der Waals surface area contributed by atoms with Gasteiger partial charge in [0.25, 0.3) is 0 Å². The van der Waals surface area contributed by atoms with Crippen LogP contribution < -0.4 is 10.4 Å². The molecule has 3 aromatic rings. The fourth-order valence-corrected chi connectivity index (χ4v) is 2.56. The van der Waals surface area contributed by atoms with Gasteiger partial charge in [-0.15, -0.1) is 0 Å². The van der Waals surface area contributed by atoms with Crippen molar-refractivity contribution in [2.75, 3.05) is 0 Å². The molecule has 2 aromatic carbocycles. The Morgan fingerprint density at radius 2 is 2.00 bits per heavy atom. The van der Waals surface area contributed by atoms with Gasteiger partial charge in [-0.25, -0.2) is 4.79 Å². The quantitative estimate of drug-likeness (QED) is 0.430. The number of oxime groups is 1. The number of rotatable bonds is 5. The summed E-state index contributed by atoms with van der Waals surface area (Å²) < 4.78 is 8.34. The molecular formula is C18H19N5O3. The molecule has 1 aromatic heterocycles. The van der Waals surface area contributed by atoms with Crippen molar-refractivity contribution in [1.82, 2.24) is 19.8 Å². The van der Waals surface area contributed by atoms with Crippen LogP contribution in [0.4, 0.5) is 0 Å². The summed E-state index contributed by atoms with van der Waals surface area (Å²) >= 11 is 0. The lowest BCUT2D eigenvalue weighted by molar-refractivity contribution is 0.304. The number of hydrogen-bond acceptors (Lipinski definition) is 6. The average molecular weight is 353 g/mol. The molecule has 0 aliphatic rings. The summed E-state index contributed by atoms with van der Waals surface area (Å²) in [6, 6.07) is 12.9. The van der Waals surface area contributed by atoms with E-state index in [1.54, 1.807) is 26.1 Å². The molecule has 0 unspecified atom stereocenters. The van der Waals surface area contributed by atoms with E-state index in [2.05, 4.69) is 15.6 Å². The SMILES string of the molecule is C/C(=N\O)c1cccc(OCc2c(C)cccc2-n2nnn(C)c2=O)c1. The number of aromatic nitrogens is 4. The molecule has 0 radical (unpaired) electrons. The Balaban J connectivity index is 1.92. The molecule has 8 heteroatoms. The predicted molar refractivity (Wildman–Crippen MR) is 96.1 cm³/mol. The van der Waals surface area contributed by atoms with Crippen molar-refractivity contribution in [2.45, 2.75) is 20.5 Å². The van der Waals surface area contributed by atoms with Gasteiger partial charge in [0, 0.05) is 18.2 Å². The minimum Gasteiger partial charge on any atom is -0.489 e. The van der Waals surface area contributed by atoms with Crippen LogP contribution in [0.3, 0.4) is 0 Å². The molecule has 0 fully saturated rings. The van der Waals surface area contributed by atoms with Gasteiger partial charge in [0.15, 0.2) is 0 Å². The molecule has 0 aliphatic heterocycles. The first kappa shape index (κ1) is 17.4. The Kier molecular flexibility index (Phi) is 4.83. The standard InChI is InChI=1S/C18H19N5O3/c1-12-6-4-9-17(23-18(24)22(3)20-21-23)16(12)11-26-15-8-5-7-14(10-15)13(2)19-25/h4-10,25H,11H2,1-3H3/b19-13+. The van der Waals surface area contributed by atoms with Gasteiger partial charge in [-0.1, -0.05) is 29.4 Å². The van der Waals surface area contributed by atoms with Crippen LogP contribution in [0.5, 0.6) is 5.75 Å². The first-order chi connectivity index (χ1) is 12.5. The molecule has 8 nitrogen and oxygen atoms in total. The average Bonchev–Trinajstić information content (AvgIpc) is 2.99. The van der Waals surface area contributed by atoms with Crippen molar-refractivity contribution in [3.63, 3.8) is 0 Å². The molecule has 0 bridgehead atoms. The summed E-state index contributed by atoms with van der Waals surface area (Å²) in [5.41, 5.74) is 3.39. The summed E-state index contributed by atoms with van der Waals surface area (Å²) in [5.74, 6) is 0.631. The van der Waals surface area contributed by atoms with Crippen molar-refractivity contribution >= 4 is 5.71 Å². The molecule has 0 saturated carbocycles. The number of hydrogen-bond donors (Lipinski definition) is 1. The zero-order valence-corrected chi connectivity index (χ0v) is 14.7. The number of tetrazole rings is 1. The molecule has 134 valence electrons. The maximum atomic E-state index is 12.2. The Labute approximate surface area is 149 Å². The van der Waals surface area contributed by atoms with E-state index in [1.165, 1.54) is 9.36 Å². The predicted octanol–water partition coefficient (Wildman–Crippen LogP) is 2.05. The largest absolute Gasteiger partial charge is 0.489 e. The van der Waals surface area contributed by atoms with Crippen molar-refractivity contribution in [1.29, 1.82) is 0 Å². The molecule has 26 heavy (non-hydrogen) atoms. The third-order valence-electron chi connectivity index (χ3n) is 4.12. The van der Waals surface area contributed by atoms with Crippen LogP contribution in [0, 0.1) is 6.92 Å². The van der Waals surface area contributed by atoms with E-state index < -0.39 is 0 Å². The Bertz CT molecular complexity index is 1020. The van der Waals surface area contributed by atoms with Gasteiger partial charge >= 0.3 is 5.69 Å². The molecule has 0 atom stereocenters. The van der Waals surface area contributed by atoms with Gasteiger partial charge < -0.3 is 9.94 Å². The van der Waals surface area contributed by atoms with E-state index in [0.717, 1.165) is 16.7 Å². The zero-order chi connectivity index (χ0) is 18.7. The first-order valence-corrected chi connectivity index (χ1v) is 8.01. The maximum absolute atomic E-state index is 12.2. The summed E-state index contributed by atoms with van der Waals surface area (Å²) in [6.07, 6.45) is 0. The van der Waals surface area contributed by atoms with Gasteiger partial charge in [0.05, 0.1) is 11.4 Å². The molecule has 1 heterocycles. The highest BCUT2D eigenvalue weighted by molar-refractivity contribution is 5.98. The maximum Gasteiger partial charge on any atom is 0.368 e. The van der Waals surface area contributed by atoms with Gasteiger partial charge in [0.1, 0.15) is 12.4 Å². The van der Waals surface area contributed by atoms with E-state index in [1.807, 2.05) is 37.3 Å². The van der Waals surface area contributed by atoms with Crippen LogP contribution in [0.1, 0.15) is 23.6 Å². The van der Waals surface area contributed by atoms with Crippen LogP contribution in [-0.2, 0) is 13.7 Å². The topological polar surface area (TPSA) is 94.5 Å². The first-order valence-electron chi connectivity index (χ1n) is 8.01. The van der Waals surface area contributed by atoms with E-state index in [-0.39, 0.29) is 12.3 Å². The smallest absolute Gasteiger partial charge is 0.368 e. The number of ether oxygens (including phenoxy) is 1. The molecule has 0 saturated heterocycles. The molecule has 0 spiro atoms. The second kappa shape index (κ2) is 7.22. The molecule has 0 amide bonds. The molecular weight excluding hydrogens is 334 g/mol. The number of nitrogens with zero attached hydrogens (tertiary/aromatic N) is 5. The third-order valence-corrected chi connectivity index (χ3v) is 4.12. The fourth-order valence-electron chi connectivity index (χ4n) is 2.56. The van der Waals surface area contributed by atoms with Gasteiger partial charge in [-0.3, -0.25) is 0 Å². The number of benzene rings is 2. The van der Waals surface area contributed by atoms with Gasteiger partial charge in [-0.2, -0.15) is 9.36 Å². The lowest BCUT2D eigenvalue weighted by Gasteiger charge is -2.13. The van der Waals surface area contributed by atoms with Gasteiger partial charge in [-0.05, 0) is 48.0 Å². The second-order valence-electron chi connectivity index (χ2n) is 5.87. The third kappa shape index (κ3) is 3.34. The monoisotopic (exact) mass is 353 g/mol. The Hall–Kier alpha value is -3.42. The van der Waals surface area contributed by atoms with E-state index in [9.17, 15) is 4.79 Å². The second-order valence-corrected chi connectivity index (χ2v) is 5.87. The summed E-state index contributed by atoms with van der Waals surface area (Å²) in [6.45, 7) is 3.91. The highest BCUT2D eigenvalue weighted by atomic mass is 16.5. The van der Waals surface area contributed by atoms with E-state index >= 15 is 0 Å². The molecule has 1 N–H and O–H groups in total. The highest BCUT2D eigenvalue weighted by Gasteiger charge is 2.13. The highest BCUT2D eigenvalue weighted by Crippen LogP contribution is 2.21. The van der Waals surface area contributed by atoms with Crippen LogP contribution in [0.25, 0.3) is 5.69 Å². The van der Waals surface area contributed by atoms with Crippen molar-refractivity contribution < 1.29 is 9.94 Å². The lowest BCUT2D eigenvalue weighted by atomic mass is 10.1. The lowest BCUT2D eigenvalue weighted by Crippen LogP contribution is -2.23. The molecule has 3 rings (SSSR count). The van der Waals surface area contributed by atoms with Crippen molar-refractivity contribution in [3.05, 3.63) is 69.6 Å². The van der Waals surface area contributed by atoms with Crippen molar-refractivity contribution in [2.24, 2.45) is 12.2 Å². The minimum absolute atomic E-state index is 0.254. The van der Waals surface area contributed by atoms with Crippen LogP contribution in [0.2, 0.25) is 0 Å². The number of aryl methyl sites for hydroxylation is 2. The van der Waals surface area contributed by atoms with Crippen LogP contribution in [-0.4, -0.2) is 30.7 Å². The van der Waals surface area contributed by atoms with Crippen molar-refractivity contribution in [3.8, 4) is 11.4 Å². The summed E-state index contributed by atoms with van der Waals surface area (Å²) in [4.78, 5) is 12.2. The summed E-state index contributed by atoms with van der Waals surface area (Å²) in [7, 11) is 1.55. The van der Waals surface area contributed by atoms with Gasteiger partial charge in [0.2, 0.25) is 0 Å². The van der Waals surface area contributed by atoms with Crippen LogP contribution >= 0.6 is 0 Å². The normalized spacial score (nSPS) is 11.6. The Morgan fingerprint density at radius 1 is 1.23 bits per heavy atom. The zero-order valence-electron chi connectivity index (χ0n) is 14.7. The minimum atomic E-state index is -0.325. The molecule has 0 aliphatic carbocycles. The van der Waals surface area contributed by atoms with Crippen LogP contribution in [0.15, 0.2) is 52.4 Å². The Morgan fingerprint density at radius 3 is 2.69 bits per heavy atom. The fraction of sp³-hybridized carbons (Fsp3) is 0.222. The van der Waals surface area contributed by atoms with E-state index in [4.69, 9.17) is 9.94 Å².